The van der Waals surface area contributed by atoms with Crippen LogP contribution in [0.15, 0.2) is 63.5 Å². The number of aromatic nitrogens is 2. The van der Waals surface area contributed by atoms with E-state index in [4.69, 9.17) is 26.1 Å². The third kappa shape index (κ3) is 5.86. The third-order valence-electron chi connectivity index (χ3n) is 7.55. The number of esters is 1. The van der Waals surface area contributed by atoms with Crippen molar-refractivity contribution in [2.75, 3.05) is 13.7 Å². The highest BCUT2D eigenvalue weighted by molar-refractivity contribution is 14.1. The average molecular weight is 730 g/mol. The van der Waals surface area contributed by atoms with Gasteiger partial charge in [-0.05, 0) is 110 Å². The largest absolute Gasteiger partial charge is 0.496 e. The van der Waals surface area contributed by atoms with Crippen molar-refractivity contribution in [3.8, 4) is 11.4 Å². The van der Waals surface area contributed by atoms with Crippen LogP contribution in [0.5, 0.6) is 5.75 Å². The Bertz CT molecular complexity index is 1950. The van der Waals surface area contributed by atoms with Crippen LogP contribution in [0, 0.1) is 24.3 Å². The number of benzene rings is 2. The predicted molar refractivity (Wildman–Crippen MR) is 180 cm³/mol. The quantitative estimate of drug-likeness (QED) is 0.152. The number of fused-ring (bicyclic) bond motifs is 1. The molecule has 0 amide bonds. The summed E-state index contributed by atoms with van der Waals surface area (Å²) in [6, 6.07) is 12.9. The second-order valence-corrected chi connectivity index (χ2v) is 13.0. The molecule has 0 aliphatic carbocycles. The molecule has 0 radical (unpaired) electrons. The van der Waals surface area contributed by atoms with Crippen LogP contribution in [0.3, 0.4) is 0 Å². The van der Waals surface area contributed by atoms with Gasteiger partial charge in [0.05, 0.1) is 29.5 Å². The molecule has 0 bridgehead atoms. The molecule has 1 aliphatic rings. The molecule has 0 fully saturated rings. The molecule has 1 aliphatic heterocycles. The predicted octanol–water partition coefficient (Wildman–Crippen LogP) is 6.56. The minimum Gasteiger partial charge on any atom is -0.496 e. The first kappa shape index (κ1) is 31.3. The minimum absolute atomic E-state index is 0.196. The van der Waals surface area contributed by atoms with Crippen molar-refractivity contribution in [3.05, 3.63) is 110 Å². The fraction of sp³-hybridized carbons (Fsp3) is 0.303. The van der Waals surface area contributed by atoms with Gasteiger partial charge >= 0.3 is 5.97 Å². The zero-order valence-corrected chi connectivity index (χ0v) is 28.7. The van der Waals surface area contributed by atoms with Crippen LogP contribution >= 0.6 is 45.5 Å². The van der Waals surface area contributed by atoms with Crippen molar-refractivity contribution < 1.29 is 14.3 Å². The molecule has 0 unspecified atom stereocenters. The van der Waals surface area contributed by atoms with Crippen molar-refractivity contribution in [1.29, 1.82) is 0 Å². The second-order valence-electron chi connectivity index (χ2n) is 10.4. The Morgan fingerprint density at radius 2 is 1.91 bits per heavy atom. The van der Waals surface area contributed by atoms with Gasteiger partial charge in [-0.25, -0.2) is 9.79 Å². The van der Waals surface area contributed by atoms with E-state index in [0.717, 1.165) is 29.1 Å². The smallest absolute Gasteiger partial charge is 0.338 e. The molecule has 224 valence electrons. The fourth-order valence-corrected chi connectivity index (χ4v) is 7.22. The normalized spacial score (nSPS) is 15.0. The molecule has 7 nitrogen and oxygen atoms in total. The van der Waals surface area contributed by atoms with E-state index in [1.54, 1.807) is 36.8 Å². The first-order chi connectivity index (χ1) is 20.6. The van der Waals surface area contributed by atoms with Crippen molar-refractivity contribution in [2.24, 2.45) is 4.99 Å². The number of carbonyl (C=O) groups excluding carboxylic acids is 1. The molecule has 5 rings (SSSR count). The summed E-state index contributed by atoms with van der Waals surface area (Å²) in [5.41, 5.74) is 6.61. The van der Waals surface area contributed by atoms with Crippen LogP contribution in [0.25, 0.3) is 11.8 Å². The molecule has 0 saturated carbocycles. The third-order valence-corrected chi connectivity index (χ3v) is 9.93. The number of carbonyl (C=O) groups is 1. The van der Waals surface area contributed by atoms with Gasteiger partial charge in [0.15, 0.2) is 4.80 Å². The van der Waals surface area contributed by atoms with E-state index < -0.39 is 12.0 Å². The van der Waals surface area contributed by atoms with Gasteiger partial charge in [-0.15, -0.1) is 0 Å². The van der Waals surface area contributed by atoms with Crippen LogP contribution in [-0.4, -0.2) is 28.8 Å². The molecule has 43 heavy (non-hydrogen) atoms. The first-order valence-corrected chi connectivity index (χ1v) is 16.4. The Morgan fingerprint density at radius 1 is 1.14 bits per heavy atom. The Labute approximate surface area is 273 Å². The highest BCUT2D eigenvalue weighted by atomic mass is 127. The number of allylic oxidation sites excluding steroid dienone is 1. The molecule has 0 N–H and O–H groups in total. The summed E-state index contributed by atoms with van der Waals surface area (Å²) in [6.07, 6.45) is 3.23. The van der Waals surface area contributed by atoms with Crippen LogP contribution in [0.1, 0.15) is 60.8 Å². The second kappa shape index (κ2) is 12.8. The van der Waals surface area contributed by atoms with Gasteiger partial charge in [0, 0.05) is 31.2 Å². The summed E-state index contributed by atoms with van der Waals surface area (Å²) in [7, 11) is 1.56. The number of hydrogen-bond donors (Lipinski definition) is 0. The number of nitrogens with zero attached hydrogens (tertiary/aromatic N) is 3. The van der Waals surface area contributed by atoms with Gasteiger partial charge in [0.1, 0.15) is 11.8 Å². The monoisotopic (exact) mass is 729 g/mol. The SMILES string of the molecule is CCCC1=C(C(=O)OCC)[C@H](c2cc(Cl)ccc2OC)n2c(s/c(=C/c3cc(C)n(-c4ccc(C)c(I)c4)c3C)c2=O)=N1. The Balaban J connectivity index is 1.76. The Hall–Kier alpha value is -3.15. The Morgan fingerprint density at radius 3 is 2.58 bits per heavy atom. The lowest BCUT2D eigenvalue weighted by Gasteiger charge is -2.27. The zero-order chi connectivity index (χ0) is 31.0. The van der Waals surface area contributed by atoms with Gasteiger partial charge in [0.2, 0.25) is 0 Å². The van der Waals surface area contributed by atoms with Crippen molar-refractivity contribution in [2.45, 2.75) is 53.5 Å². The molecule has 10 heteroatoms. The van der Waals surface area contributed by atoms with Crippen LogP contribution < -0.4 is 19.6 Å². The van der Waals surface area contributed by atoms with E-state index >= 15 is 0 Å². The zero-order valence-electron chi connectivity index (χ0n) is 25.0. The molecule has 4 aromatic rings. The van der Waals surface area contributed by atoms with Crippen LogP contribution in [-0.2, 0) is 9.53 Å². The number of ether oxygens (including phenoxy) is 2. The van der Waals surface area contributed by atoms with E-state index in [1.165, 1.54) is 20.5 Å². The molecular formula is C33H33ClIN3O4S. The van der Waals surface area contributed by atoms with E-state index in [0.29, 0.717) is 43.4 Å². The lowest BCUT2D eigenvalue weighted by atomic mass is 9.93. The van der Waals surface area contributed by atoms with Crippen molar-refractivity contribution >= 4 is 57.6 Å². The molecule has 2 aromatic carbocycles. The fourth-order valence-electron chi connectivity index (χ4n) is 5.53. The molecule has 1 atom stereocenters. The number of thiazole rings is 1. The summed E-state index contributed by atoms with van der Waals surface area (Å²) < 4.78 is 16.7. The molecular weight excluding hydrogens is 697 g/mol. The van der Waals surface area contributed by atoms with E-state index in [2.05, 4.69) is 72.2 Å². The number of rotatable bonds is 8. The van der Waals surface area contributed by atoms with Gasteiger partial charge in [-0.1, -0.05) is 42.3 Å². The summed E-state index contributed by atoms with van der Waals surface area (Å²) >= 11 is 10.1. The average Bonchev–Trinajstić information content (AvgIpc) is 3.43. The maximum Gasteiger partial charge on any atom is 0.338 e. The van der Waals surface area contributed by atoms with Gasteiger partial charge in [-0.2, -0.15) is 0 Å². The highest BCUT2D eigenvalue weighted by Gasteiger charge is 2.36. The topological polar surface area (TPSA) is 74.8 Å². The summed E-state index contributed by atoms with van der Waals surface area (Å²) in [4.78, 5) is 33.1. The van der Waals surface area contributed by atoms with Crippen molar-refractivity contribution in [1.82, 2.24) is 9.13 Å². The molecule has 0 saturated heterocycles. The summed E-state index contributed by atoms with van der Waals surface area (Å²) in [5.74, 6) is 0.00656. The maximum atomic E-state index is 14.3. The number of hydrogen-bond acceptors (Lipinski definition) is 6. The van der Waals surface area contributed by atoms with Crippen LogP contribution in [0.4, 0.5) is 0 Å². The molecule has 2 aromatic heterocycles. The number of aryl methyl sites for hydroxylation is 2. The van der Waals surface area contributed by atoms with E-state index in [-0.39, 0.29) is 12.2 Å². The van der Waals surface area contributed by atoms with Gasteiger partial charge in [0.25, 0.3) is 5.56 Å². The lowest BCUT2D eigenvalue weighted by molar-refractivity contribution is -0.139. The van der Waals surface area contributed by atoms with Crippen molar-refractivity contribution in [3.63, 3.8) is 0 Å². The van der Waals surface area contributed by atoms with E-state index in [9.17, 15) is 9.59 Å². The summed E-state index contributed by atoms with van der Waals surface area (Å²) in [6.45, 7) is 10.2. The number of halogens is 2. The molecule has 3 heterocycles. The minimum atomic E-state index is -0.810. The highest BCUT2D eigenvalue weighted by Crippen LogP contribution is 2.38. The molecule has 0 spiro atoms. The van der Waals surface area contributed by atoms with E-state index in [1.807, 2.05) is 13.0 Å². The summed E-state index contributed by atoms with van der Waals surface area (Å²) in [5, 5.41) is 0.466. The lowest BCUT2D eigenvalue weighted by Crippen LogP contribution is -2.40. The van der Waals surface area contributed by atoms with Crippen LogP contribution in [0.2, 0.25) is 5.02 Å². The van der Waals surface area contributed by atoms with Gasteiger partial charge in [-0.3, -0.25) is 9.36 Å². The maximum absolute atomic E-state index is 14.3. The Kier molecular flexibility index (Phi) is 9.34. The number of methoxy groups -OCH3 is 1. The van der Waals surface area contributed by atoms with Gasteiger partial charge < -0.3 is 14.0 Å². The standard InChI is InChI=1S/C33H33ClIN3O4S/c1-7-9-26-29(32(40)42-8-2)30(24-16-22(34)11-13-27(24)41-6)38-31(39)28(43-33(38)36-26)15-21-14-19(4)37(20(21)5)23-12-10-18(3)25(35)17-23/h10-17,30H,7-9H2,1-6H3/b28-15+/t30-/m0/s1. The first-order valence-electron chi connectivity index (χ1n) is 14.1.